The van der Waals surface area contributed by atoms with E-state index in [1.54, 1.807) is 49.6 Å². The van der Waals surface area contributed by atoms with Crippen LogP contribution in [-0.2, 0) is 26.2 Å². The molecule has 0 aromatic heterocycles. The highest BCUT2D eigenvalue weighted by molar-refractivity contribution is 7.92. The van der Waals surface area contributed by atoms with Crippen molar-refractivity contribution < 1.29 is 22.7 Å². The maximum absolute atomic E-state index is 14.1. The lowest BCUT2D eigenvalue weighted by Crippen LogP contribution is -2.52. The van der Waals surface area contributed by atoms with Crippen molar-refractivity contribution >= 4 is 27.5 Å². The zero-order valence-corrected chi connectivity index (χ0v) is 25.6. The second kappa shape index (κ2) is 14.2. The number of anilines is 1. The van der Waals surface area contributed by atoms with E-state index in [4.69, 9.17) is 4.74 Å². The normalized spacial score (nSPS) is 12.1. The first-order valence-corrected chi connectivity index (χ1v) is 15.3. The standard InChI is InChI=1S/C32H41N3O5S/c1-7-30(32(37)33-20-23(2)3)34(21-26-14-17-28(40-6)18-15-26)31(36)22-35(27-16-13-24(4)25(5)19-27)41(38,39)29-11-9-8-10-12-29/h8-19,23,30H,7,20-22H2,1-6H3,(H,33,37)/t30-/m1/s1. The van der Waals surface area contributed by atoms with E-state index in [2.05, 4.69) is 5.32 Å². The van der Waals surface area contributed by atoms with Crippen molar-refractivity contribution in [2.45, 2.75) is 58.5 Å². The largest absolute Gasteiger partial charge is 0.497 e. The third kappa shape index (κ3) is 8.10. The first kappa shape index (κ1) is 31.7. The summed E-state index contributed by atoms with van der Waals surface area (Å²) < 4.78 is 34.3. The number of carbonyl (C=O) groups excluding carboxylic acids is 2. The Morgan fingerprint density at radius 2 is 1.59 bits per heavy atom. The van der Waals surface area contributed by atoms with E-state index in [0.29, 0.717) is 24.4 Å². The number of ether oxygens (including phenoxy) is 1. The molecule has 0 spiro atoms. The van der Waals surface area contributed by atoms with Gasteiger partial charge in [0.25, 0.3) is 10.0 Å². The molecular weight excluding hydrogens is 538 g/mol. The molecule has 1 atom stereocenters. The third-order valence-corrected chi connectivity index (χ3v) is 8.76. The second-order valence-corrected chi connectivity index (χ2v) is 12.4. The minimum Gasteiger partial charge on any atom is -0.497 e. The molecule has 0 unspecified atom stereocenters. The SMILES string of the molecule is CC[C@H](C(=O)NCC(C)C)N(Cc1ccc(OC)cc1)C(=O)CN(c1ccc(C)c(C)c1)S(=O)(=O)c1ccccc1. The number of nitrogens with zero attached hydrogens (tertiary/aromatic N) is 2. The Kier molecular flexibility index (Phi) is 10.9. The summed E-state index contributed by atoms with van der Waals surface area (Å²) in [5, 5.41) is 2.94. The average molecular weight is 580 g/mol. The lowest BCUT2D eigenvalue weighted by molar-refractivity contribution is -0.140. The van der Waals surface area contributed by atoms with E-state index in [0.717, 1.165) is 21.0 Å². The molecule has 3 aromatic carbocycles. The van der Waals surface area contributed by atoms with Crippen molar-refractivity contribution in [2.75, 3.05) is 24.5 Å². The van der Waals surface area contributed by atoms with Gasteiger partial charge in [-0.15, -0.1) is 0 Å². The number of aryl methyl sites for hydroxylation is 2. The Bertz CT molecular complexity index is 1420. The van der Waals surface area contributed by atoms with Gasteiger partial charge in [-0.05, 0) is 79.3 Å². The van der Waals surface area contributed by atoms with Gasteiger partial charge in [0.05, 0.1) is 17.7 Å². The molecule has 9 heteroatoms. The van der Waals surface area contributed by atoms with Gasteiger partial charge < -0.3 is 15.0 Å². The fourth-order valence-electron chi connectivity index (χ4n) is 4.40. The molecule has 41 heavy (non-hydrogen) atoms. The molecule has 8 nitrogen and oxygen atoms in total. The van der Waals surface area contributed by atoms with Gasteiger partial charge in [-0.25, -0.2) is 8.42 Å². The molecule has 0 saturated carbocycles. The molecule has 0 saturated heterocycles. The van der Waals surface area contributed by atoms with Gasteiger partial charge in [-0.3, -0.25) is 13.9 Å². The molecule has 0 aliphatic heterocycles. The predicted octanol–water partition coefficient (Wildman–Crippen LogP) is 5.09. The highest BCUT2D eigenvalue weighted by atomic mass is 32.2. The fourth-order valence-corrected chi connectivity index (χ4v) is 5.83. The van der Waals surface area contributed by atoms with Gasteiger partial charge in [0, 0.05) is 13.1 Å². The van der Waals surface area contributed by atoms with E-state index < -0.39 is 28.5 Å². The number of methoxy groups -OCH3 is 1. The number of sulfonamides is 1. The highest BCUT2D eigenvalue weighted by Crippen LogP contribution is 2.27. The first-order valence-electron chi connectivity index (χ1n) is 13.8. The van der Waals surface area contributed by atoms with Crippen LogP contribution in [0.2, 0.25) is 0 Å². The van der Waals surface area contributed by atoms with E-state index in [1.165, 1.54) is 17.0 Å². The molecule has 3 aromatic rings. The predicted molar refractivity (Wildman–Crippen MR) is 162 cm³/mol. The molecule has 0 heterocycles. The minimum atomic E-state index is -4.10. The number of carbonyl (C=O) groups is 2. The second-order valence-electron chi connectivity index (χ2n) is 10.5. The van der Waals surface area contributed by atoms with Gasteiger partial charge in [-0.2, -0.15) is 0 Å². The van der Waals surface area contributed by atoms with E-state index >= 15 is 0 Å². The van der Waals surface area contributed by atoms with Crippen molar-refractivity contribution in [3.05, 3.63) is 89.5 Å². The summed E-state index contributed by atoms with van der Waals surface area (Å²) in [6, 6.07) is 19.8. The van der Waals surface area contributed by atoms with Crippen LogP contribution in [0.5, 0.6) is 5.75 Å². The Hall–Kier alpha value is -3.85. The van der Waals surface area contributed by atoms with Crippen LogP contribution in [0.1, 0.15) is 43.9 Å². The van der Waals surface area contributed by atoms with Crippen LogP contribution in [-0.4, -0.2) is 51.4 Å². The van der Waals surface area contributed by atoms with E-state index in [9.17, 15) is 18.0 Å². The summed E-state index contributed by atoms with van der Waals surface area (Å²) in [5.74, 6) is 0.151. The Labute approximate surface area is 244 Å². The first-order chi connectivity index (χ1) is 19.5. The summed E-state index contributed by atoms with van der Waals surface area (Å²) in [6.07, 6.45) is 0.362. The van der Waals surface area contributed by atoms with Crippen molar-refractivity contribution in [1.29, 1.82) is 0 Å². The lowest BCUT2D eigenvalue weighted by Gasteiger charge is -2.33. The van der Waals surface area contributed by atoms with Gasteiger partial charge in [0.2, 0.25) is 11.8 Å². The van der Waals surface area contributed by atoms with Gasteiger partial charge >= 0.3 is 0 Å². The fraction of sp³-hybridized carbons (Fsp3) is 0.375. The van der Waals surface area contributed by atoms with Crippen molar-refractivity contribution in [2.24, 2.45) is 5.92 Å². The number of benzene rings is 3. The number of amides is 2. The molecule has 2 amide bonds. The van der Waals surface area contributed by atoms with Crippen LogP contribution in [0.4, 0.5) is 5.69 Å². The molecule has 0 radical (unpaired) electrons. The quantitative estimate of drug-likeness (QED) is 0.305. The highest BCUT2D eigenvalue weighted by Gasteiger charge is 2.33. The molecular formula is C32H41N3O5S. The molecule has 0 aliphatic rings. The van der Waals surface area contributed by atoms with Crippen LogP contribution < -0.4 is 14.4 Å². The topological polar surface area (TPSA) is 96.0 Å². The van der Waals surface area contributed by atoms with Crippen molar-refractivity contribution in [1.82, 2.24) is 10.2 Å². The maximum Gasteiger partial charge on any atom is 0.264 e. The van der Waals surface area contributed by atoms with Gasteiger partial charge in [-0.1, -0.05) is 57.2 Å². The smallest absolute Gasteiger partial charge is 0.264 e. The molecule has 1 N–H and O–H groups in total. The molecule has 0 aliphatic carbocycles. The summed E-state index contributed by atoms with van der Waals surface area (Å²) in [5.41, 5.74) is 3.08. The van der Waals surface area contributed by atoms with Gasteiger partial charge in [0.1, 0.15) is 18.3 Å². The zero-order valence-electron chi connectivity index (χ0n) is 24.8. The van der Waals surface area contributed by atoms with Crippen LogP contribution >= 0.6 is 0 Å². The Morgan fingerprint density at radius 1 is 0.927 bits per heavy atom. The van der Waals surface area contributed by atoms with Crippen molar-refractivity contribution in [3.8, 4) is 5.75 Å². The van der Waals surface area contributed by atoms with E-state index in [-0.39, 0.29) is 23.3 Å². The van der Waals surface area contributed by atoms with Crippen LogP contribution in [0.3, 0.4) is 0 Å². The molecule has 0 bridgehead atoms. The number of nitrogens with one attached hydrogen (secondary N) is 1. The minimum absolute atomic E-state index is 0.0782. The van der Waals surface area contributed by atoms with Crippen molar-refractivity contribution in [3.63, 3.8) is 0 Å². The van der Waals surface area contributed by atoms with Crippen LogP contribution in [0, 0.1) is 19.8 Å². The number of hydrogen-bond acceptors (Lipinski definition) is 5. The van der Waals surface area contributed by atoms with Crippen LogP contribution in [0.15, 0.2) is 77.7 Å². The average Bonchev–Trinajstić information content (AvgIpc) is 2.96. The molecule has 220 valence electrons. The molecule has 0 fully saturated rings. The summed E-state index contributed by atoms with van der Waals surface area (Å²) in [6.45, 7) is 9.81. The van der Waals surface area contributed by atoms with E-state index in [1.807, 2.05) is 52.8 Å². The third-order valence-electron chi connectivity index (χ3n) is 6.97. The summed E-state index contributed by atoms with van der Waals surface area (Å²) >= 11 is 0. The Balaban J connectivity index is 2.05. The molecule has 3 rings (SSSR count). The summed E-state index contributed by atoms with van der Waals surface area (Å²) in [4.78, 5) is 29.0. The zero-order chi connectivity index (χ0) is 30.2. The lowest BCUT2D eigenvalue weighted by atomic mass is 10.1. The van der Waals surface area contributed by atoms with Crippen LogP contribution in [0.25, 0.3) is 0 Å². The number of rotatable bonds is 13. The van der Waals surface area contributed by atoms with Gasteiger partial charge in [0.15, 0.2) is 0 Å². The number of hydrogen-bond donors (Lipinski definition) is 1. The Morgan fingerprint density at radius 3 is 2.15 bits per heavy atom. The monoisotopic (exact) mass is 579 g/mol. The maximum atomic E-state index is 14.1. The summed E-state index contributed by atoms with van der Waals surface area (Å²) in [7, 11) is -2.52.